The average molecular weight is 235 g/mol. The molecule has 1 rings (SSSR count). The number of carbonyl (C=O) groups is 1. The number of nitrogen functional groups attached to an aromatic ring is 1. The van der Waals surface area contributed by atoms with Crippen LogP contribution >= 0.6 is 0 Å². The zero-order valence-corrected chi connectivity index (χ0v) is 10.6. The fourth-order valence-electron chi connectivity index (χ4n) is 1.06. The SMILES string of the molecule is C[Si](C)(C)C#Cc1cc(C=O)c(N)cc1F. The van der Waals surface area contributed by atoms with Gasteiger partial charge in [0.2, 0.25) is 0 Å². The van der Waals surface area contributed by atoms with Crippen molar-refractivity contribution in [2.75, 3.05) is 5.73 Å². The first-order chi connectivity index (χ1) is 7.33. The van der Waals surface area contributed by atoms with Crippen molar-refractivity contribution in [3.63, 3.8) is 0 Å². The van der Waals surface area contributed by atoms with Gasteiger partial charge >= 0.3 is 0 Å². The van der Waals surface area contributed by atoms with Gasteiger partial charge < -0.3 is 5.73 Å². The molecule has 0 aliphatic heterocycles. The maximum atomic E-state index is 13.5. The van der Waals surface area contributed by atoms with Gasteiger partial charge in [-0.1, -0.05) is 25.6 Å². The van der Waals surface area contributed by atoms with E-state index in [1.165, 1.54) is 6.07 Å². The number of hydrogen-bond donors (Lipinski definition) is 1. The molecule has 0 radical (unpaired) electrons. The number of carbonyl (C=O) groups excluding carboxylic acids is 1. The lowest BCUT2D eigenvalue weighted by Crippen LogP contribution is -2.16. The lowest BCUT2D eigenvalue weighted by Gasteiger charge is -2.04. The Hall–Kier alpha value is -1.60. The van der Waals surface area contributed by atoms with Crippen molar-refractivity contribution >= 4 is 20.0 Å². The highest BCUT2D eigenvalue weighted by Gasteiger charge is 2.09. The Morgan fingerprint density at radius 1 is 1.38 bits per heavy atom. The highest BCUT2D eigenvalue weighted by atomic mass is 28.3. The van der Waals surface area contributed by atoms with Crippen LogP contribution in [0.15, 0.2) is 12.1 Å². The zero-order chi connectivity index (χ0) is 12.3. The number of hydrogen-bond acceptors (Lipinski definition) is 2. The van der Waals surface area contributed by atoms with Gasteiger partial charge in [-0.2, -0.15) is 0 Å². The molecule has 0 fully saturated rings. The molecule has 0 spiro atoms. The predicted molar refractivity (Wildman–Crippen MR) is 66.4 cm³/mol. The van der Waals surface area contributed by atoms with Gasteiger partial charge in [0, 0.05) is 11.3 Å². The molecule has 2 nitrogen and oxygen atoms in total. The molecule has 2 N–H and O–H groups in total. The van der Waals surface area contributed by atoms with Crippen LogP contribution < -0.4 is 5.73 Å². The summed E-state index contributed by atoms with van der Waals surface area (Å²) < 4.78 is 13.5. The molecule has 84 valence electrons. The van der Waals surface area contributed by atoms with Crippen LogP contribution in [0, 0.1) is 17.3 Å². The molecule has 0 heterocycles. The van der Waals surface area contributed by atoms with E-state index in [4.69, 9.17) is 5.73 Å². The molecule has 16 heavy (non-hydrogen) atoms. The number of nitrogens with two attached hydrogens (primary N) is 1. The topological polar surface area (TPSA) is 43.1 Å². The van der Waals surface area contributed by atoms with Gasteiger partial charge in [0.1, 0.15) is 13.9 Å². The van der Waals surface area contributed by atoms with Gasteiger partial charge in [-0.15, -0.1) is 5.54 Å². The van der Waals surface area contributed by atoms with E-state index in [9.17, 15) is 9.18 Å². The molecule has 0 bridgehead atoms. The largest absolute Gasteiger partial charge is 0.398 e. The molecule has 0 unspecified atom stereocenters. The van der Waals surface area contributed by atoms with Gasteiger partial charge in [-0.05, 0) is 12.1 Å². The standard InChI is InChI=1S/C12H14FNOSi/c1-16(2,3)5-4-9-6-10(8-15)12(14)7-11(9)13/h6-8H,14H2,1-3H3. The van der Waals surface area contributed by atoms with Gasteiger partial charge in [-0.3, -0.25) is 4.79 Å². The van der Waals surface area contributed by atoms with Crippen LogP contribution in [0.4, 0.5) is 10.1 Å². The van der Waals surface area contributed by atoms with E-state index in [1.54, 1.807) is 0 Å². The van der Waals surface area contributed by atoms with Gasteiger partial charge in [0.05, 0.1) is 5.56 Å². The first-order valence-corrected chi connectivity index (χ1v) is 8.41. The Morgan fingerprint density at radius 2 is 2.00 bits per heavy atom. The molecule has 0 saturated carbocycles. The Morgan fingerprint density at radius 3 is 2.50 bits per heavy atom. The number of benzene rings is 1. The zero-order valence-electron chi connectivity index (χ0n) is 9.60. The third-order valence-electron chi connectivity index (χ3n) is 1.87. The maximum absolute atomic E-state index is 13.5. The van der Waals surface area contributed by atoms with Gasteiger partial charge in [0.25, 0.3) is 0 Å². The van der Waals surface area contributed by atoms with E-state index in [1.807, 2.05) is 0 Å². The van der Waals surface area contributed by atoms with Gasteiger partial charge in [0.15, 0.2) is 6.29 Å². The molecule has 0 aliphatic rings. The molecule has 1 aromatic rings. The lowest BCUT2D eigenvalue weighted by molar-refractivity contribution is 0.112. The van der Waals surface area contributed by atoms with Crippen LogP contribution in [-0.4, -0.2) is 14.4 Å². The van der Waals surface area contributed by atoms with E-state index in [2.05, 4.69) is 31.1 Å². The lowest BCUT2D eigenvalue weighted by atomic mass is 10.1. The van der Waals surface area contributed by atoms with Crippen molar-refractivity contribution in [3.8, 4) is 11.5 Å². The summed E-state index contributed by atoms with van der Waals surface area (Å²) in [4.78, 5) is 10.7. The van der Waals surface area contributed by atoms with Crippen molar-refractivity contribution in [2.24, 2.45) is 0 Å². The van der Waals surface area contributed by atoms with Crippen LogP contribution in [0.2, 0.25) is 19.6 Å². The van der Waals surface area contributed by atoms with E-state index >= 15 is 0 Å². The summed E-state index contributed by atoms with van der Waals surface area (Å²) in [6.45, 7) is 6.20. The first kappa shape index (κ1) is 12.5. The molecule has 0 aromatic heterocycles. The Labute approximate surface area is 95.7 Å². The minimum Gasteiger partial charge on any atom is -0.398 e. The number of halogens is 1. The van der Waals surface area contributed by atoms with Crippen LogP contribution in [0.25, 0.3) is 0 Å². The number of aldehydes is 1. The Balaban J connectivity index is 3.23. The molecule has 0 amide bonds. The maximum Gasteiger partial charge on any atom is 0.152 e. The Kier molecular flexibility index (Phi) is 3.50. The smallest absolute Gasteiger partial charge is 0.152 e. The molecule has 0 atom stereocenters. The second kappa shape index (κ2) is 4.50. The second-order valence-corrected chi connectivity index (χ2v) is 9.33. The number of rotatable bonds is 1. The third kappa shape index (κ3) is 3.21. The van der Waals surface area contributed by atoms with Crippen LogP contribution in [0.3, 0.4) is 0 Å². The quantitative estimate of drug-likeness (QED) is 0.351. The fraction of sp³-hybridized carbons (Fsp3) is 0.250. The molecular formula is C12H14FNOSi. The molecular weight excluding hydrogens is 221 g/mol. The Bertz CT molecular complexity index is 480. The minimum absolute atomic E-state index is 0.144. The van der Waals surface area contributed by atoms with Gasteiger partial charge in [-0.25, -0.2) is 4.39 Å². The van der Waals surface area contributed by atoms with Crippen molar-refractivity contribution in [3.05, 3.63) is 29.1 Å². The van der Waals surface area contributed by atoms with E-state index < -0.39 is 13.9 Å². The van der Waals surface area contributed by atoms with Crippen molar-refractivity contribution in [1.82, 2.24) is 0 Å². The molecule has 1 aromatic carbocycles. The molecule has 0 saturated heterocycles. The predicted octanol–water partition coefficient (Wildman–Crippen LogP) is 2.45. The highest BCUT2D eigenvalue weighted by molar-refractivity contribution is 6.83. The van der Waals surface area contributed by atoms with E-state index in [0.29, 0.717) is 6.29 Å². The van der Waals surface area contributed by atoms with Crippen molar-refractivity contribution in [2.45, 2.75) is 19.6 Å². The normalized spacial score (nSPS) is 10.5. The van der Waals surface area contributed by atoms with E-state index in [-0.39, 0.29) is 16.8 Å². The summed E-state index contributed by atoms with van der Waals surface area (Å²) >= 11 is 0. The number of anilines is 1. The van der Waals surface area contributed by atoms with E-state index in [0.717, 1.165) is 6.07 Å². The summed E-state index contributed by atoms with van der Waals surface area (Å²) in [6, 6.07) is 2.53. The molecule has 0 aliphatic carbocycles. The van der Waals surface area contributed by atoms with Crippen LogP contribution in [-0.2, 0) is 0 Å². The summed E-state index contributed by atoms with van der Waals surface area (Å²) in [5.74, 6) is 2.30. The third-order valence-corrected chi connectivity index (χ3v) is 2.75. The monoisotopic (exact) mass is 235 g/mol. The second-order valence-electron chi connectivity index (χ2n) is 4.58. The fourth-order valence-corrected chi connectivity index (χ4v) is 1.57. The van der Waals surface area contributed by atoms with Crippen molar-refractivity contribution in [1.29, 1.82) is 0 Å². The van der Waals surface area contributed by atoms with Crippen LogP contribution in [0.1, 0.15) is 15.9 Å². The first-order valence-electron chi connectivity index (χ1n) is 4.91. The summed E-state index contributed by atoms with van der Waals surface area (Å²) in [5.41, 5.74) is 9.17. The summed E-state index contributed by atoms with van der Waals surface area (Å²) in [5, 5.41) is 0. The summed E-state index contributed by atoms with van der Waals surface area (Å²) in [7, 11) is -1.55. The molecule has 4 heteroatoms. The highest BCUT2D eigenvalue weighted by Crippen LogP contribution is 2.16. The summed E-state index contributed by atoms with van der Waals surface area (Å²) in [6.07, 6.45) is 0.606. The van der Waals surface area contributed by atoms with Crippen molar-refractivity contribution < 1.29 is 9.18 Å². The minimum atomic E-state index is -1.55. The van der Waals surface area contributed by atoms with Crippen LogP contribution in [0.5, 0.6) is 0 Å². The average Bonchev–Trinajstić information content (AvgIpc) is 2.15.